The lowest BCUT2D eigenvalue weighted by Gasteiger charge is -2.39. The Balaban J connectivity index is 2.23. The van der Waals surface area contributed by atoms with Crippen molar-refractivity contribution < 1.29 is 4.79 Å². The lowest BCUT2D eigenvalue weighted by Crippen LogP contribution is -2.40. The average Bonchev–Trinajstić information content (AvgIpc) is 2.39. The van der Waals surface area contributed by atoms with Gasteiger partial charge in [0.1, 0.15) is 0 Å². The van der Waals surface area contributed by atoms with E-state index in [1.165, 1.54) is 19.3 Å². The minimum absolute atomic E-state index is 0.419. The summed E-state index contributed by atoms with van der Waals surface area (Å²) in [5.74, 6) is 0.353. The largest absolute Gasteiger partial charge is 0.398 e. The Morgan fingerprint density at radius 2 is 2.21 bits per heavy atom. The van der Waals surface area contributed by atoms with Crippen LogP contribution in [0.4, 0.5) is 11.4 Å². The van der Waals surface area contributed by atoms with Crippen LogP contribution in [0.15, 0.2) is 18.2 Å². The number of hydrogen-bond donors (Lipinski definition) is 2. The third kappa shape index (κ3) is 2.83. The fourth-order valence-corrected chi connectivity index (χ4v) is 2.96. The Kier molecular flexibility index (Phi) is 3.98. The summed E-state index contributed by atoms with van der Waals surface area (Å²) in [6.45, 7) is 5.52. The molecule has 1 fully saturated rings. The highest BCUT2D eigenvalue weighted by atomic mass is 16.1. The molecule has 2 atom stereocenters. The first-order valence-corrected chi connectivity index (χ1v) is 6.98. The molecule has 1 aliphatic rings. The monoisotopic (exact) mass is 261 g/mol. The SMILES string of the molecule is CC[C@H]1CCN(c2ccc(N)c(C(N)=O)c2)[C@@H](C)C1. The second kappa shape index (κ2) is 5.51. The van der Waals surface area contributed by atoms with Crippen LogP contribution in [0.2, 0.25) is 0 Å². The van der Waals surface area contributed by atoms with Crippen LogP contribution in [0.5, 0.6) is 0 Å². The lowest BCUT2D eigenvalue weighted by molar-refractivity contribution is 0.100. The van der Waals surface area contributed by atoms with Crippen LogP contribution in [-0.2, 0) is 0 Å². The van der Waals surface area contributed by atoms with Crippen LogP contribution in [0, 0.1) is 5.92 Å². The summed E-state index contributed by atoms with van der Waals surface area (Å²) in [6.07, 6.45) is 3.65. The van der Waals surface area contributed by atoms with E-state index in [0.717, 1.165) is 18.2 Å². The molecule has 19 heavy (non-hydrogen) atoms. The van der Waals surface area contributed by atoms with Crippen molar-refractivity contribution in [2.75, 3.05) is 17.2 Å². The van der Waals surface area contributed by atoms with E-state index < -0.39 is 5.91 Å². The molecular formula is C15H23N3O. The van der Waals surface area contributed by atoms with E-state index >= 15 is 0 Å². The van der Waals surface area contributed by atoms with Gasteiger partial charge in [0.2, 0.25) is 0 Å². The Morgan fingerprint density at radius 3 is 2.79 bits per heavy atom. The zero-order chi connectivity index (χ0) is 14.0. The van der Waals surface area contributed by atoms with Crippen molar-refractivity contribution in [1.82, 2.24) is 0 Å². The second-order valence-corrected chi connectivity index (χ2v) is 5.48. The molecule has 104 valence electrons. The third-order valence-corrected chi connectivity index (χ3v) is 4.20. The maximum absolute atomic E-state index is 11.4. The molecule has 0 aliphatic carbocycles. The number of rotatable bonds is 3. The predicted molar refractivity (Wildman–Crippen MR) is 79.2 cm³/mol. The van der Waals surface area contributed by atoms with Gasteiger partial charge in [0.05, 0.1) is 5.56 Å². The van der Waals surface area contributed by atoms with Gasteiger partial charge in [-0.15, -0.1) is 0 Å². The van der Waals surface area contributed by atoms with Gasteiger partial charge in [-0.2, -0.15) is 0 Å². The summed E-state index contributed by atoms with van der Waals surface area (Å²) >= 11 is 0. The van der Waals surface area contributed by atoms with Gasteiger partial charge in [0.15, 0.2) is 0 Å². The van der Waals surface area contributed by atoms with Crippen LogP contribution in [0.3, 0.4) is 0 Å². The minimum Gasteiger partial charge on any atom is -0.398 e. The first-order valence-electron chi connectivity index (χ1n) is 6.98. The number of nitrogens with two attached hydrogens (primary N) is 2. The predicted octanol–water partition coefficient (Wildman–Crippen LogP) is 2.38. The molecule has 0 radical (unpaired) electrons. The van der Waals surface area contributed by atoms with Gasteiger partial charge >= 0.3 is 0 Å². The van der Waals surface area contributed by atoms with Crippen molar-refractivity contribution in [2.45, 2.75) is 39.2 Å². The van der Waals surface area contributed by atoms with Crippen molar-refractivity contribution in [3.05, 3.63) is 23.8 Å². The summed E-state index contributed by atoms with van der Waals surface area (Å²) < 4.78 is 0. The molecule has 4 N–H and O–H groups in total. The molecule has 1 amide bonds. The standard InChI is InChI=1S/C15H23N3O/c1-3-11-6-7-18(10(2)8-11)12-4-5-14(16)13(9-12)15(17)19/h4-5,9-11H,3,6-8,16H2,1-2H3,(H2,17,19)/t10-,11-/m0/s1. The summed E-state index contributed by atoms with van der Waals surface area (Å²) in [5.41, 5.74) is 13.0. The molecule has 4 nitrogen and oxygen atoms in total. The number of benzene rings is 1. The number of carbonyl (C=O) groups excluding carboxylic acids is 1. The maximum Gasteiger partial charge on any atom is 0.250 e. The number of carbonyl (C=O) groups is 1. The third-order valence-electron chi connectivity index (χ3n) is 4.20. The maximum atomic E-state index is 11.4. The van der Waals surface area contributed by atoms with E-state index in [2.05, 4.69) is 18.7 Å². The number of amides is 1. The molecule has 1 heterocycles. The van der Waals surface area contributed by atoms with Gasteiger partial charge in [-0.25, -0.2) is 0 Å². The van der Waals surface area contributed by atoms with Crippen LogP contribution in [0.1, 0.15) is 43.5 Å². The molecule has 1 aromatic rings. The average molecular weight is 261 g/mol. The molecule has 0 aromatic heterocycles. The van der Waals surface area contributed by atoms with Crippen molar-refractivity contribution in [3.63, 3.8) is 0 Å². The van der Waals surface area contributed by atoms with Crippen molar-refractivity contribution in [1.29, 1.82) is 0 Å². The Morgan fingerprint density at radius 1 is 1.47 bits per heavy atom. The number of nitrogen functional groups attached to an aromatic ring is 1. The zero-order valence-corrected chi connectivity index (χ0v) is 11.7. The Hall–Kier alpha value is -1.71. The summed E-state index contributed by atoms with van der Waals surface area (Å²) in [5, 5.41) is 0. The molecule has 1 saturated heterocycles. The quantitative estimate of drug-likeness (QED) is 0.820. The van der Waals surface area contributed by atoms with E-state index in [-0.39, 0.29) is 0 Å². The van der Waals surface area contributed by atoms with E-state index in [9.17, 15) is 4.79 Å². The molecule has 0 spiro atoms. The lowest BCUT2D eigenvalue weighted by atomic mass is 9.89. The van der Waals surface area contributed by atoms with Crippen LogP contribution < -0.4 is 16.4 Å². The molecular weight excluding hydrogens is 238 g/mol. The summed E-state index contributed by atoms with van der Waals surface area (Å²) in [6, 6.07) is 6.06. The molecule has 1 aromatic carbocycles. The number of nitrogens with zero attached hydrogens (tertiary/aromatic N) is 1. The molecule has 2 rings (SSSR count). The molecule has 0 bridgehead atoms. The summed E-state index contributed by atoms with van der Waals surface area (Å²) in [4.78, 5) is 13.7. The van der Waals surface area contributed by atoms with Crippen LogP contribution in [-0.4, -0.2) is 18.5 Å². The van der Waals surface area contributed by atoms with Gasteiger partial charge in [-0.3, -0.25) is 4.79 Å². The van der Waals surface area contributed by atoms with E-state index in [1.807, 2.05) is 12.1 Å². The zero-order valence-electron chi connectivity index (χ0n) is 11.7. The van der Waals surface area contributed by atoms with E-state index in [1.54, 1.807) is 6.07 Å². The van der Waals surface area contributed by atoms with Gasteiger partial charge in [0.25, 0.3) is 5.91 Å². The first-order chi connectivity index (χ1) is 9.02. The van der Waals surface area contributed by atoms with Gasteiger partial charge < -0.3 is 16.4 Å². The minimum atomic E-state index is -0.463. The molecule has 0 unspecified atom stereocenters. The fourth-order valence-electron chi connectivity index (χ4n) is 2.96. The van der Waals surface area contributed by atoms with Crippen molar-refractivity contribution in [2.24, 2.45) is 11.7 Å². The topological polar surface area (TPSA) is 72.3 Å². The second-order valence-electron chi connectivity index (χ2n) is 5.48. The normalized spacial score (nSPS) is 23.4. The Bertz CT molecular complexity index is 472. The highest BCUT2D eigenvalue weighted by Gasteiger charge is 2.25. The number of hydrogen-bond acceptors (Lipinski definition) is 3. The fraction of sp³-hybridized carbons (Fsp3) is 0.533. The van der Waals surface area contributed by atoms with E-state index in [4.69, 9.17) is 11.5 Å². The number of piperidine rings is 1. The molecule has 1 aliphatic heterocycles. The number of primary amides is 1. The molecule has 0 saturated carbocycles. The number of anilines is 2. The smallest absolute Gasteiger partial charge is 0.250 e. The van der Waals surface area contributed by atoms with Gasteiger partial charge in [-0.05, 0) is 43.9 Å². The van der Waals surface area contributed by atoms with Crippen LogP contribution >= 0.6 is 0 Å². The van der Waals surface area contributed by atoms with E-state index in [0.29, 0.717) is 17.3 Å². The summed E-state index contributed by atoms with van der Waals surface area (Å²) in [7, 11) is 0. The highest BCUT2D eigenvalue weighted by Crippen LogP contribution is 2.31. The highest BCUT2D eigenvalue weighted by molar-refractivity contribution is 5.99. The van der Waals surface area contributed by atoms with Gasteiger partial charge in [-0.1, -0.05) is 13.3 Å². The Labute approximate surface area is 114 Å². The van der Waals surface area contributed by atoms with Gasteiger partial charge in [0, 0.05) is 24.0 Å². The van der Waals surface area contributed by atoms with Crippen molar-refractivity contribution in [3.8, 4) is 0 Å². The van der Waals surface area contributed by atoms with Crippen molar-refractivity contribution >= 4 is 17.3 Å². The first kappa shape index (κ1) is 13.7. The molecule has 4 heteroatoms. The van der Waals surface area contributed by atoms with Crippen LogP contribution in [0.25, 0.3) is 0 Å².